The third kappa shape index (κ3) is 7.63. The predicted molar refractivity (Wildman–Crippen MR) is 98.0 cm³/mol. The Morgan fingerprint density at radius 1 is 1.29 bits per heavy atom. The van der Waals surface area contributed by atoms with Crippen LogP contribution in [0, 0.1) is 12.8 Å². The number of nitrogens with zero attached hydrogens (tertiary/aromatic N) is 4. The zero-order valence-corrected chi connectivity index (χ0v) is 16.1. The van der Waals surface area contributed by atoms with Gasteiger partial charge in [0.2, 0.25) is 0 Å². The van der Waals surface area contributed by atoms with Crippen LogP contribution in [0.15, 0.2) is 4.99 Å². The molecule has 0 amide bonds. The molecule has 21 heavy (non-hydrogen) atoms. The summed E-state index contributed by atoms with van der Waals surface area (Å²) in [5, 5.41) is 14.9. The lowest BCUT2D eigenvalue weighted by atomic mass is 10.2. The van der Waals surface area contributed by atoms with Crippen LogP contribution in [0.5, 0.6) is 0 Å². The number of aliphatic imine (C=N–C) groups is 1. The lowest BCUT2D eigenvalue weighted by Crippen LogP contribution is -2.39. The van der Waals surface area contributed by atoms with Gasteiger partial charge < -0.3 is 15.2 Å². The Kier molecular flexibility index (Phi) is 10.4. The molecule has 2 N–H and O–H groups in total. The first-order chi connectivity index (χ1) is 9.54. The lowest BCUT2D eigenvalue weighted by Gasteiger charge is -2.13. The molecule has 0 bridgehead atoms. The van der Waals surface area contributed by atoms with Gasteiger partial charge in [0.05, 0.1) is 0 Å². The zero-order chi connectivity index (χ0) is 15.0. The number of nitrogens with one attached hydrogen (secondary N) is 2. The van der Waals surface area contributed by atoms with Crippen molar-refractivity contribution in [2.75, 3.05) is 13.1 Å². The summed E-state index contributed by atoms with van der Waals surface area (Å²) in [5.74, 6) is 3.23. The van der Waals surface area contributed by atoms with E-state index in [0.717, 1.165) is 37.1 Å². The molecule has 1 aromatic heterocycles. The number of guanidine groups is 1. The first-order valence-electron chi connectivity index (χ1n) is 7.41. The fourth-order valence-electron chi connectivity index (χ4n) is 1.60. The van der Waals surface area contributed by atoms with Gasteiger partial charge in [-0.25, -0.2) is 4.99 Å². The molecule has 0 spiro atoms. The number of rotatable bonds is 7. The zero-order valence-electron chi connectivity index (χ0n) is 13.8. The van der Waals surface area contributed by atoms with E-state index in [4.69, 9.17) is 0 Å². The van der Waals surface area contributed by atoms with Crippen LogP contribution in [0.25, 0.3) is 0 Å². The SMILES string of the molecule is CCCCNC(=NCc1nnc(C)n1C)NCC(C)C.I. The monoisotopic (exact) mass is 408 g/mol. The number of hydrogen-bond donors (Lipinski definition) is 2. The maximum atomic E-state index is 4.58. The number of hydrogen-bond acceptors (Lipinski definition) is 3. The van der Waals surface area contributed by atoms with Crippen molar-refractivity contribution in [3.05, 3.63) is 11.6 Å². The van der Waals surface area contributed by atoms with Crippen LogP contribution in [0.1, 0.15) is 45.3 Å². The molecule has 0 radical (unpaired) electrons. The molecular formula is C14H29IN6. The van der Waals surface area contributed by atoms with E-state index in [1.807, 2.05) is 18.5 Å². The molecule has 1 aromatic rings. The minimum Gasteiger partial charge on any atom is -0.356 e. The molecule has 0 aromatic carbocycles. The summed E-state index contributed by atoms with van der Waals surface area (Å²) < 4.78 is 1.97. The van der Waals surface area contributed by atoms with Gasteiger partial charge in [-0.05, 0) is 19.3 Å². The van der Waals surface area contributed by atoms with Crippen molar-refractivity contribution >= 4 is 29.9 Å². The van der Waals surface area contributed by atoms with Gasteiger partial charge in [-0.3, -0.25) is 0 Å². The predicted octanol–water partition coefficient (Wildman–Crippen LogP) is 2.23. The first-order valence-corrected chi connectivity index (χ1v) is 7.41. The van der Waals surface area contributed by atoms with Gasteiger partial charge >= 0.3 is 0 Å². The topological polar surface area (TPSA) is 67.1 Å². The van der Waals surface area contributed by atoms with Crippen molar-refractivity contribution in [3.63, 3.8) is 0 Å². The van der Waals surface area contributed by atoms with E-state index >= 15 is 0 Å². The Morgan fingerprint density at radius 2 is 2.00 bits per heavy atom. The van der Waals surface area contributed by atoms with Crippen molar-refractivity contribution in [3.8, 4) is 0 Å². The normalized spacial score (nSPS) is 11.4. The quantitative estimate of drug-likeness (QED) is 0.314. The highest BCUT2D eigenvalue weighted by Gasteiger charge is 2.05. The minimum absolute atomic E-state index is 0. The van der Waals surface area contributed by atoms with E-state index in [2.05, 4.69) is 46.6 Å². The van der Waals surface area contributed by atoms with Crippen LogP contribution in [-0.4, -0.2) is 33.8 Å². The van der Waals surface area contributed by atoms with E-state index in [-0.39, 0.29) is 24.0 Å². The highest BCUT2D eigenvalue weighted by atomic mass is 127. The van der Waals surface area contributed by atoms with Gasteiger partial charge in [0, 0.05) is 20.1 Å². The molecule has 0 aliphatic carbocycles. The molecule has 0 fully saturated rings. The van der Waals surface area contributed by atoms with Crippen molar-refractivity contribution in [2.45, 2.75) is 47.1 Å². The minimum atomic E-state index is 0. The van der Waals surface area contributed by atoms with Crippen LogP contribution >= 0.6 is 24.0 Å². The molecule has 0 saturated carbocycles. The van der Waals surface area contributed by atoms with Crippen molar-refractivity contribution < 1.29 is 0 Å². The number of aromatic nitrogens is 3. The summed E-state index contributed by atoms with van der Waals surface area (Å²) in [7, 11) is 1.96. The smallest absolute Gasteiger partial charge is 0.191 e. The van der Waals surface area contributed by atoms with Crippen LogP contribution in [0.4, 0.5) is 0 Å². The lowest BCUT2D eigenvalue weighted by molar-refractivity contribution is 0.609. The molecule has 0 aliphatic rings. The molecule has 6 nitrogen and oxygen atoms in total. The van der Waals surface area contributed by atoms with Gasteiger partial charge in [0.25, 0.3) is 0 Å². The second kappa shape index (κ2) is 10.8. The molecule has 0 saturated heterocycles. The number of aryl methyl sites for hydroxylation is 1. The fraction of sp³-hybridized carbons (Fsp3) is 0.786. The van der Waals surface area contributed by atoms with Crippen molar-refractivity contribution in [1.29, 1.82) is 0 Å². The average molecular weight is 408 g/mol. The molecule has 0 unspecified atom stereocenters. The summed E-state index contributed by atoms with van der Waals surface area (Å²) in [6, 6.07) is 0. The highest BCUT2D eigenvalue weighted by Crippen LogP contribution is 1.99. The highest BCUT2D eigenvalue weighted by molar-refractivity contribution is 14.0. The van der Waals surface area contributed by atoms with Gasteiger partial charge in [-0.15, -0.1) is 34.2 Å². The standard InChI is InChI=1S/C14H28N6.HI/c1-6-7-8-15-14(16-9-11(2)3)17-10-13-19-18-12(4)20(13)5;/h11H,6-10H2,1-5H3,(H2,15,16,17);1H. The third-order valence-electron chi connectivity index (χ3n) is 3.06. The largest absolute Gasteiger partial charge is 0.356 e. The van der Waals surface area contributed by atoms with E-state index < -0.39 is 0 Å². The molecule has 0 atom stereocenters. The number of unbranched alkanes of at least 4 members (excludes halogenated alkanes) is 1. The van der Waals surface area contributed by atoms with Crippen LogP contribution < -0.4 is 10.6 Å². The third-order valence-corrected chi connectivity index (χ3v) is 3.06. The maximum absolute atomic E-state index is 4.58. The van der Waals surface area contributed by atoms with Crippen LogP contribution in [0.2, 0.25) is 0 Å². The van der Waals surface area contributed by atoms with E-state index in [1.165, 1.54) is 6.42 Å². The summed E-state index contributed by atoms with van der Waals surface area (Å²) in [4.78, 5) is 4.58. The van der Waals surface area contributed by atoms with Gasteiger partial charge in [0.1, 0.15) is 12.4 Å². The van der Waals surface area contributed by atoms with Crippen molar-refractivity contribution in [2.24, 2.45) is 18.0 Å². The Balaban J connectivity index is 0.00000400. The second-order valence-electron chi connectivity index (χ2n) is 5.44. The molecular weight excluding hydrogens is 379 g/mol. The van der Waals surface area contributed by atoms with Gasteiger partial charge in [-0.2, -0.15) is 0 Å². The van der Waals surface area contributed by atoms with Crippen LogP contribution in [-0.2, 0) is 13.6 Å². The Bertz CT molecular complexity index is 427. The van der Waals surface area contributed by atoms with E-state index in [1.54, 1.807) is 0 Å². The summed E-state index contributed by atoms with van der Waals surface area (Å²) >= 11 is 0. The van der Waals surface area contributed by atoms with Crippen molar-refractivity contribution in [1.82, 2.24) is 25.4 Å². The van der Waals surface area contributed by atoms with E-state index in [0.29, 0.717) is 12.5 Å². The van der Waals surface area contributed by atoms with E-state index in [9.17, 15) is 0 Å². The fourth-order valence-corrected chi connectivity index (χ4v) is 1.60. The van der Waals surface area contributed by atoms with Gasteiger partial charge in [-0.1, -0.05) is 27.2 Å². The Labute approximate surface area is 145 Å². The van der Waals surface area contributed by atoms with Gasteiger partial charge in [0.15, 0.2) is 11.8 Å². The average Bonchev–Trinajstić information content (AvgIpc) is 2.73. The summed E-state index contributed by atoms with van der Waals surface area (Å²) in [5.41, 5.74) is 0. The first kappa shape index (κ1) is 20.1. The summed E-state index contributed by atoms with van der Waals surface area (Å²) in [6.45, 7) is 10.9. The number of halogens is 1. The Morgan fingerprint density at radius 3 is 2.52 bits per heavy atom. The maximum Gasteiger partial charge on any atom is 0.191 e. The molecule has 7 heteroatoms. The van der Waals surface area contributed by atoms with Crippen LogP contribution in [0.3, 0.4) is 0 Å². The molecule has 1 heterocycles. The second-order valence-corrected chi connectivity index (χ2v) is 5.44. The molecule has 0 aliphatic heterocycles. The molecule has 1 rings (SSSR count). The Hall–Kier alpha value is -0.860. The molecule has 122 valence electrons. The summed E-state index contributed by atoms with van der Waals surface area (Å²) in [6.07, 6.45) is 2.32.